The van der Waals surface area contributed by atoms with Crippen LogP contribution in [0.25, 0.3) is 0 Å². The normalized spacial score (nSPS) is 26.0. The third-order valence-electron chi connectivity index (χ3n) is 3.96. The number of rotatable bonds is 3. The average Bonchev–Trinajstić information content (AvgIpc) is 2.31. The Kier molecular flexibility index (Phi) is 4.91. The first kappa shape index (κ1) is 14.1. The monoisotopic (exact) mass is 286 g/mol. The van der Waals surface area contributed by atoms with Crippen molar-refractivity contribution in [1.82, 2.24) is 5.43 Å². The van der Waals surface area contributed by atoms with E-state index in [1.807, 2.05) is 12.1 Å². The Bertz CT molecular complexity index is 381. The molecule has 0 saturated heterocycles. The van der Waals surface area contributed by atoms with E-state index in [-0.39, 0.29) is 6.04 Å². The lowest BCUT2D eigenvalue weighted by atomic mass is 9.77. The molecule has 1 aliphatic rings. The van der Waals surface area contributed by atoms with Crippen LogP contribution in [0.4, 0.5) is 0 Å². The van der Waals surface area contributed by atoms with Crippen molar-refractivity contribution in [3.05, 3.63) is 33.8 Å². The third kappa shape index (κ3) is 3.39. The van der Waals surface area contributed by atoms with Gasteiger partial charge in [0.25, 0.3) is 0 Å². The smallest absolute Gasteiger partial charge is 0.0489 e. The molecule has 2 nitrogen and oxygen atoms in total. The van der Waals surface area contributed by atoms with Crippen LogP contribution in [0.5, 0.6) is 0 Å². The molecular weight excluding hydrogens is 267 g/mol. The van der Waals surface area contributed by atoms with Gasteiger partial charge < -0.3 is 0 Å². The molecule has 0 amide bonds. The average molecular weight is 287 g/mol. The number of hydrogen-bond donors (Lipinski definition) is 2. The van der Waals surface area contributed by atoms with Crippen LogP contribution in [-0.4, -0.2) is 0 Å². The Labute approximate surface area is 119 Å². The van der Waals surface area contributed by atoms with Crippen molar-refractivity contribution < 1.29 is 0 Å². The number of halogens is 2. The second kappa shape index (κ2) is 6.25. The van der Waals surface area contributed by atoms with Crippen molar-refractivity contribution in [2.75, 3.05) is 0 Å². The predicted molar refractivity (Wildman–Crippen MR) is 77.6 cm³/mol. The fourth-order valence-corrected chi connectivity index (χ4v) is 3.42. The van der Waals surface area contributed by atoms with Crippen LogP contribution in [0, 0.1) is 11.8 Å². The molecule has 1 unspecified atom stereocenters. The van der Waals surface area contributed by atoms with Gasteiger partial charge in [-0.15, -0.1) is 0 Å². The van der Waals surface area contributed by atoms with Crippen LogP contribution in [0.15, 0.2) is 18.2 Å². The van der Waals surface area contributed by atoms with E-state index in [0.29, 0.717) is 16.0 Å². The summed E-state index contributed by atoms with van der Waals surface area (Å²) in [5, 5.41) is 1.34. The van der Waals surface area contributed by atoms with E-state index in [1.54, 1.807) is 6.07 Å². The highest BCUT2D eigenvalue weighted by atomic mass is 35.5. The van der Waals surface area contributed by atoms with Gasteiger partial charge in [-0.1, -0.05) is 43.0 Å². The maximum atomic E-state index is 6.06. The van der Waals surface area contributed by atoms with Crippen molar-refractivity contribution in [1.29, 1.82) is 0 Å². The summed E-state index contributed by atoms with van der Waals surface area (Å²) in [5.74, 6) is 7.14. The number of hydrogen-bond acceptors (Lipinski definition) is 2. The molecule has 1 atom stereocenters. The second-order valence-corrected chi connectivity index (χ2v) is 6.24. The lowest BCUT2D eigenvalue weighted by Gasteiger charge is -2.32. The summed E-state index contributed by atoms with van der Waals surface area (Å²) in [6, 6.07) is 5.81. The van der Waals surface area contributed by atoms with Gasteiger partial charge in [0.1, 0.15) is 0 Å². The van der Waals surface area contributed by atoms with Gasteiger partial charge in [-0.25, -0.2) is 0 Å². The number of nitrogens with one attached hydrogen (secondary N) is 1. The Morgan fingerprint density at radius 1 is 1.11 bits per heavy atom. The molecule has 18 heavy (non-hydrogen) atoms. The zero-order valence-electron chi connectivity index (χ0n) is 10.6. The molecule has 4 heteroatoms. The predicted octanol–water partition coefficient (Wildman–Crippen LogP) is 4.32. The van der Waals surface area contributed by atoms with E-state index in [4.69, 9.17) is 29.0 Å². The second-order valence-electron chi connectivity index (χ2n) is 5.37. The van der Waals surface area contributed by atoms with Gasteiger partial charge in [-0.3, -0.25) is 11.3 Å². The van der Waals surface area contributed by atoms with Gasteiger partial charge in [-0.05, 0) is 48.4 Å². The third-order valence-corrected chi connectivity index (χ3v) is 4.39. The van der Waals surface area contributed by atoms with Crippen LogP contribution in [0.1, 0.15) is 44.2 Å². The maximum Gasteiger partial charge on any atom is 0.0489 e. The van der Waals surface area contributed by atoms with Crippen molar-refractivity contribution in [3.8, 4) is 0 Å². The van der Waals surface area contributed by atoms with Crippen LogP contribution < -0.4 is 11.3 Å². The number of hydrazine groups is 1. The van der Waals surface area contributed by atoms with E-state index in [9.17, 15) is 0 Å². The summed E-state index contributed by atoms with van der Waals surface area (Å²) in [5.41, 5.74) is 4.03. The van der Waals surface area contributed by atoms with Crippen LogP contribution in [0.3, 0.4) is 0 Å². The summed E-state index contributed by atoms with van der Waals surface area (Å²) in [4.78, 5) is 0. The summed E-state index contributed by atoms with van der Waals surface area (Å²) in [6.45, 7) is 2.32. The van der Waals surface area contributed by atoms with Gasteiger partial charge in [0.15, 0.2) is 0 Å². The van der Waals surface area contributed by atoms with E-state index in [1.165, 1.54) is 25.7 Å². The Morgan fingerprint density at radius 3 is 2.17 bits per heavy atom. The highest BCUT2D eigenvalue weighted by Gasteiger charge is 2.26. The first-order chi connectivity index (χ1) is 8.60. The van der Waals surface area contributed by atoms with E-state index < -0.39 is 0 Å². The summed E-state index contributed by atoms with van der Waals surface area (Å²) < 4.78 is 0. The topological polar surface area (TPSA) is 38.0 Å². The van der Waals surface area contributed by atoms with Gasteiger partial charge >= 0.3 is 0 Å². The molecule has 1 saturated carbocycles. The van der Waals surface area contributed by atoms with Crippen molar-refractivity contribution >= 4 is 23.2 Å². The minimum Gasteiger partial charge on any atom is -0.271 e. The van der Waals surface area contributed by atoms with Crippen LogP contribution >= 0.6 is 23.2 Å². The molecule has 100 valence electrons. The number of nitrogens with two attached hydrogens (primary N) is 1. The Morgan fingerprint density at radius 2 is 1.67 bits per heavy atom. The SMILES string of the molecule is CC1CCC(C(NN)c2cc(Cl)cc(Cl)c2)CC1. The molecule has 0 aromatic heterocycles. The maximum absolute atomic E-state index is 6.06. The molecular formula is C14H20Cl2N2. The van der Waals surface area contributed by atoms with Crippen molar-refractivity contribution in [2.24, 2.45) is 17.7 Å². The van der Waals surface area contributed by atoms with Crippen molar-refractivity contribution in [2.45, 2.75) is 38.6 Å². The summed E-state index contributed by atoms with van der Waals surface area (Å²) in [7, 11) is 0. The summed E-state index contributed by atoms with van der Waals surface area (Å²) >= 11 is 12.1. The minimum atomic E-state index is 0.147. The molecule has 2 rings (SSSR count). The highest BCUT2D eigenvalue weighted by molar-refractivity contribution is 6.34. The van der Waals surface area contributed by atoms with Crippen LogP contribution in [-0.2, 0) is 0 Å². The first-order valence-electron chi connectivity index (χ1n) is 6.52. The van der Waals surface area contributed by atoms with Gasteiger partial charge in [0, 0.05) is 16.1 Å². The molecule has 0 heterocycles. The molecule has 0 bridgehead atoms. The van der Waals surface area contributed by atoms with Gasteiger partial charge in [0.05, 0.1) is 0 Å². The molecule has 1 aliphatic carbocycles. The Hall–Kier alpha value is -0.280. The molecule has 0 aliphatic heterocycles. The minimum absolute atomic E-state index is 0.147. The highest BCUT2D eigenvalue weighted by Crippen LogP contribution is 2.37. The molecule has 0 spiro atoms. The molecule has 3 N–H and O–H groups in total. The van der Waals surface area contributed by atoms with E-state index >= 15 is 0 Å². The Balaban J connectivity index is 2.17. The van der Waals surface area contributed by atoms with Gasteiger partial charge in [0.2, 0.25) is 0 Å². The van der Waals surface area contributed by atoms with E-state index in [0.717, 1.165) is 11.5 Å². The fraction of sp³-hybridized carbons (Fsp3) is 0.571. The zero-order valence-corrected chi connectivity index (χ0v) is 12.1. The number of benzene rings is 1. The lowest BCUT2D eigenvalue weighted by Crippen LogP contribution is -2.35. The molecule has 1 aromatic carbocycles. The zero-order chi connectivity index (χ0) is 13.1. The molecule has 1 aromatic rings. The lowest BCUT2D eigenvalue weighted by molar-refractivity contribution is 0.232. The summed E-state index contributed by atoms with van der Waals surface area (Å²) in [6.07, 6.45) is 4.97. The van der Waals surface area contributed by atoms with Crippen LogP contribution in [0.2, 0.25) is 10.0 Å². The van der Waals surface area contributed by atoms with Crippen molar-refractivity contribution in [3.63, 3.8) is 0 Å². The largest absolute Gasteiger partial charge is 0.271 e. The first-order valence-corrected chi connectivity index (χ1v) is 7.28. The van der Waals surface area contributed by atoms with E-state index in [2.05, 4.69) is 12.3 Å². The van der Waals surface area contributed by atoms with Gasteiger partial charge in [-0.2, -0.15) is 0 Å². The quantitative estimate of drug-likeness (QED) is 0.641. The standard InChI is InChI=1S/C14H20Cl2N2/c1-9-2-4-10(5-3-9)14(18-17)11-6-12(15)8-13(16)7-11/h6-10,14,18H,2-5,17H2,1H3. The molecule has 1 fully saturated rings. The fourth-order valence-electron chi connectivity index (χ4n) is 2.88. The molecule has 0 radical (unpaired) electrons.